The highest BCUT2D eigenvalue weighted by atomic mass is 32.1. The third-order valence-corrected chi connectivity index (χ3v) is 1.76. The van der Waals surface area contributed by atoms with E-state index < -0.39 is 0 Å². The molecule has 0 amide bonds. The minimum Gasteiger partial charge on any atom is -0.484 e. The van der Waals surface area contributed by atoms with Crippen LogP contribution in [0.5, 0.6) is 11.5 Å². The predicted molar refractivity (Wildman–Crippen MR) is 33.7 cm³/mol. The zero-order chi connectivity index (χ0) is 6.10. The molecule has 0 saturated carbocycles. The first-order valence-corrected chi connectivity index (χ1v) is 3.50. The van der Waals surface area contributed by atoms with Crippen molar-refractivity contribution >= 4 is 11.3 Å². The molecule has 0 fully saturated rings. The van der Waals surface area contributed by atoms with Gasteiger partial charge in [0.2, 0.25) is 6.61 Å². The van der Waals surface area contributed by atoms with E-state index in [0.29, 0.717) is 6.61 Å². The second-order valence-electron chi connectivity index (χ2n) is 1.64. The third kappa shape index (κ3) is 0.772. The van der Waals surface area contributed by atoms with Gasteiger partial charge in [0.25, 0.3) is 0 Å². The molecule has 3 heteroatoms. The molecule has 0 spiro atoms. The summed E-state index contributed by atoms with van der Waals surface area (Å²) in [5.74, 6) is 1.62. The quantitative estimate of drug-likeness (QED) is 0.544. The Morgan fingerprint density at radius 1 is 1.44 bits per heavy atom. The Morgan fingerprint density at radius 3 is 3.22 bits per heavy atom. The Hall–Kier alpha value is -0.700. The van der Waals surface area contributed by atoms with Crippen LogP contribution in [0.3, 0.4) is 0 Å². The number of rotatable bonds is 0. The topological polar surface area (TPSA) is 18.5 Å². The van der Waals surface area contributed by atoms with Crippen LogP contribution in [0.1, 0.15) is 0 Å². The Bertz CT molecular complexity index is 186. The van der Waals surface area contributed by atoms with Crippen LogP contribution in [0, 0.1) is 6.61 Å². The summed E-state index contributed by atoms with van der Waals surface area (Å²) in [7, 11) is 0. The van der Waals surface area contributed by atoms with Crippen LogP contribution < -0.4 is 9.47 Å². The fraction of sp³-hybridized carbons (Fsp3) is 0.167. The normalized spacial score (nSPS) is 15.6. The monoisotopic (exact) mass is 140 g/mol. The van der Waals surface area contributed by atoms with Crippen LogP contribution in [0.4, 0.5) is 0 Å². The van der Waals surface area contributed by atoms with Crippen molar-refractivity contribution in [3.05, 3.63) is 17.4 Å². The van der Waals surface area contributed by atoms with E-state index in [1.807, 2.05) is 10.8 Å². The molecule has 2 radical (unpaired) electrons. The molecule has 0 bridgehead atoms. The Morgan fingerprint density at radius 2 is 2.33 bits per heavy atom. The summed E-state index contributed by atoms with van der Waals surface area (Å²) in [6.07, 6.45) is 0. The average Bonchev–Trinajstić information content (AvgIpc) is 2.33. The van der Waals surface area contributed by atoms with Gasteiger partial charge in [-0.25, -0.2) is 0 Å². The van der Waals surface area contributed by atoms with E-state index in [9.17, 15) is 0 Å². The van der Waals surface area contributed by atoms with Gasteiger partial charge in [0.05, 0.1) is 0 Å². The molecular formula is C6H4O2S. The van der Waals surface area contributed by atoms with E-state index in [1.165, 1.54) is 0 Å². The van der Waals surface area contributed by atoms with Crippen molar-refractivity contribution in [3.63, 3.8) is 0 Å². The molecule has 0 unspecified atom stereocenters. The second kappa shape index (κ2) is 1.92. The first-order valence-electron chi connectivity index (χ1n) is 2.55. The summed E-state index contributed by atoms with van der Waals surface area (Å²) in [6, 6.07) is 0. The molecule has 0 N–H and O–H groups in total. The van der Waals surface area contributed by atoms with Gasteiger partial charge < -0.3 is 9.47 Å². The third-order valence-electron chi connectivity index (χ3n) is 1.06. The molecule has 0 aromatic carbocycles. The fourth-order valence-electron chi connectivity index (χ4n) is 0.668. The van der Waals surface area contributed by atoms with Gasteiger partial charge in [0.1, 0.15) is 6.61 Å². The van der Waals surface area contributed by atoms with Gasteiger partial charge in [-0.1, -0.05) is 0 Å². The summed E-state index contributed by atoms with van der Waals surface area (Å²) < 4.78 is 10.1. The summed E-state index contributed by atoms with van der Waals surface area (Å²) >= 11 is 1.57. The van der Waals surface area contributed by atoms with E-state index in [4.69, 9.17) is 9.47 Å². The summed E-state index contributed by atoms with van der Waals surface area (Å²) in [6.45, 7) is 3.05. The highest BCUT2D eigenvalue weighted by Crippen LogP contribution is 2.34. The number of ether oxygens (including phenoxy) is 2. The minimum absolute atomic E-state index is 0.434. The van der Waals surface area contributed by atoms with Crippen molar-refractivity contribution in [1.29, 1.82) is 0 Å². The fourth-order valence-corrected chi connectivity index (χ4v) is 1.33. The molecule has 2 nitrogen and oxygen atoms in total. The van der Waals surface area contributed by atoms with E-state index in [-0.39, 0.29) is 0 Å². The van der Waals surface area contributed by atoms with Crippen molar-refractivity contribution in [1.82, 2.24) is 0 Å². The molecule has 0 atom stereocenters. The van der Waals surface area contributed by atoms with Crippen LogP contribution in [-0.4, -0.2) is 6.61 Å². The summed E-state index contributed by atoms with van der Waals surface area (Å²) in [4.78, 5) is 0. The zero-order valence-corrected chi connectivity index (χ0v) is 5.40. The Kier molecular flexibility index (Phi) is 1.09. The van der Waals surface area contributed by atoms with E-state index in [2.05, 4.69) is 6.61 Å². The number of hydrogen-bond acceptors (Lipinski definition) is 3. The molecule has 0 saturated heterocycles. The van der Waals surface area contributed by atoms with E-state index >= 15 is 0 Å². The maximum absolute atomic E-state index is 5.14. The van der Waals surface area contributed by atoms with Crippen LogP contribution in [-0.2, 0) is 0 Å². The molecule has 1 aromatic rings. The van der Waals surface area contributed by atoms with Gasteiger partial charge in [0, 0.05) is 10.8 Å². The molecule has 0 aliphatic carbocycles. The lowest BCUT2D eigenvalue weighted by atomic mass is 10.5. The lowest BCUT2D eigenvalue weighted by Crippen LogP contribution is -2.08. The van der Waals surface area contributed by atoms with Gasteiger partial charge in [0.15, 0.2) is 11.5 Å². The SMILES string of the molecule is [C]1COc2cscc2O1. The van der Waals surface area contributed by atoms with Crippen LogP contribution in [0.2, 0.25) is 0 Å². The van der Waals surface area contributed by atoms with Crippen molar-refractivity contribution in [2.24, 2.45) is 0 Å². The van der Waals surface area contributed by atoms with Crippen molar-refractivity contribution in [2.75, 3.05) is 6.61 Å². The van der Waals surface area contributed by atoms with Crippen molar-refractivity contribution in [2.45, 2.75) is 0 Å². The van der Waals surface area contributed by atoms with Gasteiger partial charge in [-0.15, -0.1) is 11.3 Å². The number of hydrogen-bond donors (Lipinski definition) is 0. The number of fused-ring (bicyclic) bond motifs is 1. The van der Waals surface area contributed by atoms with Crippen molar-refractivity contribution in [3.8, 4) is 11.5 Å². The Balaban J connectivity index is 2.39. The largest absolute Gasteiger partial charge is 0.484 e. The molecule has 2 rings (SSSR count). The maximum Gasteiger partial charge on any atom is 0.237 e. The van der Waals surface area contributed by atoms with E-state index in [1.54, 1.807) is 11.3 Å². The average molecular weight is 140 g/mol. The molecule has 46 valence electrons. The zero-order valence-electron chi connectivity index (χ0n) is 4.59. The first-order chi connectivity index (χ1) is 4.47. The highest BCUT2D eigenvalue weighted by Gasteiger charge is 2.11. The predicted octanol–water partition coefficient (Wildman–Crippen LogP) is 1.56. The molecule has 1 aliphatic rings. The summed E-state index contributed by atoms with van der Waals surface area (Å²) in [5.41, 5.74) is 0. The molecule has 2 heterocycles. The highest BCUT2D eigenvalue weighted by molar-refractivity contribution is 7.08. The number of thiophene rings is 1. The first kappa shape index (κ1) is 5.11. The van der Waals surface area contributed by atoms with Crippen LogP contribution >= 0.6 is 11.3 Å². The maximum atomic E-state index is 5.14. The Labute approximate surface area is 57.0 Å². The molecular weight excluding hydrogens is 136 g/mol. The summed E-state index contributed by atoms with van der Waals surface area (Å²) in [5, 5.41) is 3.80. The standard InChI is InChI=1S/C6H4O2S/c1-2-8-6-4-9-3-5(6)7-1/h3-4H,1H2. The van der Waals surface area contributed by atoms with Crippen LogP contribution in [0.15, 0.2) is 10.8 Å². The van der Waals surface area contributed by atoms with Gasteiger partial charge in [-0.2, -0.15) is 0 Å². The lowest BCUT2D eigenvalue weighted by molar-refractivity contribution is 0.226. The van der Waals surface area contributed by atoms with Gasteiger partial charge in [-0.05, 0) is 0 Å². The van der Waals surface area contributed by atoms with Gasteiger partial charge >= 0.3 is 0 Å². The van der Waals surface area contributed by atoms with Gasteiger partial charge in [-0.3, -0.25) is 0 Å². The van der Waals surface area contributed by atoms with E-state index in [0.717, 1.165) is 11.5 Å². The minimum atomic E-state index is 0.434. The molecule has 1 aliphatic heterocycles. The smallest absolute Gasteiger partial charge is 0.237 e. The molecule has 9 heavy (non-hydrogen) atoms. The van der Waals surface area contributed by atoms with Crippen molar-refractivity contribution < 1.29 is 9.47 Å². The second-order valence-corrected chi connectivity index (χ2v) is 2.38. The molecule has 1 aromatic heterocycles. The van der Waals surface area contributed by atoms with Crippen LogP contribution in [0.25, 0.3) is 0 Å². The lowest BCUT2D eigenvalue weighted by Gasteiger charge is -2.11.